The molecule has 0 aliphatic heterocycles. The van der Waals surface area contributed by atoms with Gasteiger partial charge in [-0.2, -0.15) is 13.2 Å². The van der Waals surface area contributed by atoms with Gasteiger partial charge in [-0.3, -0.25) is 14.9 Å². The Balaban J connectivity index is 2.08. The van der Waals surface area contributed by atoms with Gasteiger partial charge in [0.15, 0.2) is 6.61 Å². The van der Waals surface area contributed by atoms with Crippen molar-refractivity contribution in [3.63, 3.8) is 0 Å². The molecule has 0 radical (unpaired) electrons. The van der Waals surface area contributed by atoms with Crippen molar-refractivity contribution in [2.75, 3.05) is 11.9 Å². The molecule has 0 aliphatic carbocycles. The number of non-ortho nitro benzene ring substituents is 1. The first kappa shape index (κ1) is 19.4. The van der Waals surface area contributed by atoms with Crippen LogP contribution < -0.4 is 5.32 Å². The van der Waals surface area contributed by atoms with Crippen molar-refractivity contribution >= 4 is 34.6 Å². The van der Waals surface area contributed by atoms with Crippen LogP contribution in [0.3, 0.4) is 0 Å². The lowest BCUT2D eigenvalue weighted by Crippen LogP contribution is -2.22. The van der Waals surface area contributed by atoms with Gasteiger partial charge in [-0.15, -0.1) is 11.3 Å². The molecule has 1 heterocycles. The van der Waals surface area contributed by atoms with E-state index in [1.165, 1.54) is 6.07 Å². The van der Waals surface area contributed by atoms with E-state index in [2.05, 4.69) is 0 Å². The zero-order chi connectivity index (χ0) is 19.5. The van der Waals surface area contributed by atoms with Gasteiger partial charge in [-0.1, -0.05) is 0 Å². The van der Waals surface area contributed by atoms with Crippen LogP contribution in [0.4, 0.5) is 24.5 Å². The summed E-state index contributed by atoms with van der Waals surface area (Å²) in [5, 5.41) is 12.6. The topological polar surface area (TPSA) is 98.5 Å². The molecule has 0 saturated carbocycles. The third kappa shape index (κ3) is 4.79. The number of amides is 1. The summed E-state index contributed by atoms with van der Waals surface area (Å²) in [5.74, 6) is -1.79. The van der Waals surface area contributed by atoms with Gasteiger partial charge < -0.3 is 10.1 Å². The van der Waals surface area contributed by atoms with E-state index in [1.54, 1.807) is 13.0 Å². The number of benzene rings is 1. The summed E-state index contributed by atoms with van der Waals surface area (Å²) in [5.41, 5.74) is -2.81. The molecule has 2 rings (SSSR count). The second kappa shape index (κ2) is 7.52. The number of esters is 1. The van der Waals surface area contributed by atoms with Crippen molar-refractivity contribution < 1.29 is 32.4 Å². The maximum Gasteiger partial charge on any atom is 0.418 e. The molecule has 1 amide bonds. The standard InChI is InChI=1S/C15H11F3N2O5S/c1-8-2-5-12(26-8)14(22)25-7-13(21)19-11-4-3-9(20(23)24)6-10(11)15(16,17)18/h2-6H,7H2,1H3,(H,19,21). The Morgan fingerprint density at radius 1 is 1.27 bits per heavy atom. The van der Waals surface area contributed by atoms with Crippen LogP contribution >= 0.6 is 11.3 Å². The lowest BCUT2D eigenvalue weighted by atomic mass is 10.1. The molecule has 26 heavy (non-hydrogen) atoms. The highest BCUT2D eigenvalue weighted by atomic mass is 32.1. The second-order valence-electron chi connectivity index (χ2n) is 5.02. The van der Waals surface area contributed by atoms with E-state index < -0.39 is 46.5 Å². The molecule has 1 aromatic carbocycles. The number of hydrogen-bond donors (Lipinski definition) is 1. The van der Waals surface area contributed by atoms with E-state index in [1.807, 2.05) is 5.32 Å². The minimum atomic E-state index is -4.92. The van der Waals surface area contributed by atoms with E-state index in [0.29, 0.717) is 6.07 Å². The fourth-order valence-electron chi connectivity index (χ4n) is 1.92. The molecule has 7 nitrogen and oxygen atoms in total. The number of halogens is 3. The maximum atomic E-state index is 13.0. The Bertz CT molecular complexity index is 863. The number of alkyl halides is 3. The average molecular weight is 388 g/mol. The van der Waals surface area contributed by atoms with Gasteiger partial charge in [0.2, 0.25) is 0 Å². The van der Waals surface area contributed by atoms with Crippen LogP contribution in [0.5, 0.6) is 0 Å². The van der Waals surface area contributed by atoms with Crippen LogP contribution in [-0.2, 0) is 15.7 Å². The monoisotopic (exact) mass is 388 g/mol. The number of carbonyl (C=O) groups excluding carboxylic acids is 2. The maximum absolute atomic E-state index is 13.0. The van der Waals surface area contributed by atoms with Crippen molar-refractivity contribution in [3.8, 4) is 0 Å². The number of aryl methyl sites for hydroxylation is 1. The van der Waals surface area contributed by atoms with Crippen molar-refractivity contribution in [1.29, 1.82) is 0 Å². The van der Waals surface area contributed by atoms with Crippen LogP contribution in [0.15, 0.2) is 30.3 Å². The highest BCUT2D eigenvalue weighted by Crippen LogP contribution is 2.37. The van der Waals surface area contributed by atoms with Gasteiger partial charge in [-0.25, -0.2) is 4.79 Å². The summed E-state index contributed by atoms with van der Waals surface area (Å²) in [4.78, 5) is 34.2. The fourth-order valence-corrected chi connectivity index (χ4v) is 2.68. The number of ether oxygens (including phenoxy) is 1. The van der Waals surface area contributed by atoms with Crippen LogP contribution in [0.25, 0.3) is 0 Å². The quantitative estimate of drug-likeness (QED) is 0.477. The van der Waals surface area contributed by atoms with E-state index in [0.717, 1.165) is 28.3 Å². The van der Waals surface area contributed by atoms with Crippen LogP contribution in [0, 0.1) is 17.0 Å². The van der Waals surface area contributed by atoms with Crippen LogP contribution in [0.1, 0.15) is 20.1 Å². The predicted molar refractivity (Wildman–Crippen MR) is 86.1 cm³/mol. The number of carbonyl (C=O) groups is 2. The van der Waals surface area contributed by atoms with Gasteiger partial charge >= 0.3 is 12.1 Å². The number of nitrogens with zero attached hydrogens (tertiary/aromatic N) is 1. The van der Waals surface area contributed by atoms with Crippen LogP contribution in [0.2, 0.25) is 0 Å². The molecule has 2 aromatic rings. The lowest BCUT2D eigenvalue weighted by Gasteiger charge is -2.13. The number of thiophene rings is 1. The molecular formula is C15H11F3N2O5S. The van der Waals surface area contributed by atoms with Gasteiger partial charge in [0.05, 0.1) is 16.2 Å². The van der Waals surface area contributed by atoms with Crippen LogP contribution in [-0.4, -0.2) is 23.4 Å². The number of rotatable bonds is 5. The molecule has 1 aromatic heterocycles. The smallest absolute Gasteiger partial charge is 0.418 e. The first-order valence-corrected chi connectivity index (χ1v) is 7.78. The molecule has 138 valence electrons. The summed E-state index contributed by atoms with van der Waals surface area (Å²) >= 11 is 1.14. The Kier molecular flexibility index (Phi) is 5.60. The number of nitro groups is 1. The van der Waals surface area contributed by atoms with Crippen molar-refractivity contribution in [2.24, 2.45) is 0 Å². The SMILES string of the molecule is Cc1ccc(C(=O)OCC(=O)Nc2ccc([N+](=O)[O-])cc2C(F)(F)F)s1. The summed E-state index contributed by atoms with van der Waals surface area (Å²) in [6, 6.07) is 5.08. The molecule has 0 unspecified atom stereocenters. The third-order valence-electron chi connectivity index (χ3n) is 3.07. The number of hydrogen-bond acceptors (Lipinski definition) is 6. The van der Waals surface area contributed by atoms with E-state index >= 15 is 0 Å². The highest BCUT2D eigenvalue weighted by Gasteiger charge is 2.35. The fraction of sp³-hybridized carbons (Fsp3) is 0.200. The minimum absolute atomic E-state index is 0.251. The first-order chi connectivity index (χ1) is 12.1. The van der Waals surface area contributed by atoms with Gasteiger partial charge in [0.1, 0.15) is 4.88 Å². The minimum Gasteiger partial charge on any atom is -0.451 e. The summed E-state index contributed by atoms with van der Waals surface area (Å²) in [6.45, 7) is 0.964. The highest BCUT2D eigenvalue weighted by molar-refractivity contribution is 7.13. The number of anilines is 1. The molecule has 0 aliphatic rings. The zero-order valence-electron chi connectivity index (χ0n) is 13.1. The Labute approximate surface area is 148 Å². The molecule has 0 fully saturated rings. The second-order valence-corrected chi connectivity index (χ2v) is 6.31. The van der Waals surface area contributed by atoms with Crippen molar-refractivity contribution in [1.82, 2.24) is 0 Å². The zero-order valence-corrected chi connectivity index (χ0v) is 13.9. The Morgan fingerprint density at radius 2 is 1.96 bits per heavy atom. The van der Waals surface area contributed by atoms with Gasteiger partial charge in [-0.05, 0) is 25.1 Å². The van der Waals surface area contributed by atoms with Crippen molar-refractivity contribution in [2.45, 2.75) is 13.1 Å². The van der Waals surface area contributed by atoms with E-state index in [-0.39, 0.29) is 4.88 Å². The summed E-state index contributed by atoms with van der Waals surface area (Å²) < 4.78 is 43.8. The first-order valence-electron chi connectivity index (χ1n) is 6.97. The van der Waals surface area contributed by atoms with Crippen molar-refractivity contribution in [3.05, 3.63) is 55.8 Å². The normalized spacial score (nSPS) is 11.1. The molecule has 0 spiro atoms. The Hall–Kier alpha value is -2.95. The molecular weight excluding hydrogens is 377 g/mol. The number of nitrogens with one attached hydrogen (secondary N) is 1. The van der Waals surface area contributed by atoms with E-state index in [9.17, 15) is 32.9 Å². The summed E-state index contributed by atoms with van der Waals surface area (Å²) in [7, 11) is 0. The molecule has 0 bridgehead atoms. The molecule has 1 N–H and O–H groups in total. The Morgan fingerprint density at radius 3 is 2.50 bits per heavy atom. The summed E-state index contributed by atoms with van der Waals surface area (Å²) in [6.07, 6.45) is -4.92. The lowest BCUT2D eigenvalue weighted by molar-refractivity contribution is -0.385. The number of nitro benzene ring substituents is 1. The van der Waals surface area contributed by atoms with Gasteiger partial charge in [0, 0.05) is 17.0 Å². The molecule has 0 atom stereocenters. The molecule has 0 saturated heterocycles. The molecule has 11 heteroatoms. The third-order valence-corrected chi connectivity index (χ3v) is 4.05. The van der Waals surface area contributed by atoms with Gasteiger partial charge in [0.25, 0.3) is 11.6 Å². The largest absolute Gasteiger partial charge is 0.451 e. The average Bonchev–Trinajstić information content (AvgIpc) is 2.98. The predicted octanol–water partition coefficient (Wildman–Crippen LogP) is 3.78. The van der Waals surface area contributed by atoms with E-state index in [4.69, 9.17) is 4.74 Å².